The van der Waals surface area contributed by atoms with Crippen molar-refractivity contribution in [3.05, 3.63) is 29.8 Å². The van der Waals surface area contributed by atoms with E-state index in [1.54, 1.807) is 6.26 Å². The van der Waals surface area contributed by atoms with Crippen molar-refractivity contribution < 1.29 is 59.1 Å². The maximum absolute atomic E-state index is 13.2. The molecule has 1 aromatic rings. The molecule has 0 aliphatic carbocycles. The van der Waals surface area contributed by atoms with Gasteiger partial charge in [0.1, 0.15) is 29.9 Å². The summed E-state index contributed by atoms with van der Waals surface area (Å²) in [5.41, 5.74) is 6.03. The van der Waals surface area contributed by atoms with E-state index in [-0.39, 0.29) is 18.6 Å². The van der Waals surface area contributed by atoms with Gasteiger partial charge in [-0.2, -0.15) is 11.8 Å². The Morgan fingerprint density at radius 3 is 1.74 bits per heavy atom. The summed E-state index contributed by atoms with van der Waals surface area (Å²) < 4.78 is 0. The smallest absolute Gasteiger partial charge is 0.326 e. The van der Waals surface area contributed by atoms with Crippen LogP contribution >= 0.6 is 11.8 Å². The summed E-state index contributed by atoms with van der Waals surface area (Å²) in [5.74, 6) is -8.28. The van der Waals surface area contributed by atoms with E-state index in [9.17, 15) is 48.9 Å². The summed E-state index contributed by atoms with van der Waals surface area (Å²) in [6.07, 6.45) is -0.190. The van der Waals surface area contributed by atoms with E-state index >= 15 is 0 Å². The van der Waals surface area contributed by atoms with Crippen LogP contribution in [0.15, 0.2) is 24.3 Å². The minimum absolute atomic E-state index is 0.0226. The standard InChI is InChI=1S/C25H35N5O12S/c1-43-7-6-15(22(38)29-17(25(41)42)10-20(35)36)27-24(40)18(11-31)30-23(39)16(8-12-2-4-13(32)5-3-12)28-21(37)14(26)9-19(33)34/h2-5,14-18,31-32H,6-11,26H2,1H3,(H,27,40)(H,28,37)(H,29,38)(H,30,39)(H,33,34)(H,35,36)(H,41,42)/t14-,15-,16-,17-,18-/m0/s1. The van der Waals surface area contributed by atoms with Gasteiger partial charge in [-0.15, -0.1) is 0 Å². The average molecular weight is 630 g/mol. The summed E-state index contributed by atoms with van der Waals surface area (Å²) in [5, 5.41) is 55.3. The van der Waals surface area contributed by atoms with Gasteiger partial charge < -0.3 is 52.5 Å². The zero-order valence-corrected chi connectivity index (χ0v) is 23.8. The number of phenols is 1. The van der Waals surface area contributed by atoms with Crippen LogP contribution in [0.4, 0.5) is 0 Å². The average Bonchev–Trinajstić information content (AvgIpc) is 2.93. The Bertz CT molecular complexity index is 1170. The first-order chi connectivity index (χ1) is 20.2. The van der Waals surface area contributed by atoms with Gasteiger partial charge in [-0.1, -0.05) is 12.1 Å². The van der Waals surface area contributed by atoms with Crippen LogP contribution in [0.3, 0.4) is 0 Å². The highest BCUT2D eigenvalue weighted by atomic mass is 32.2. The van der Waals surface area contributed by atoms with Crippen LogP contribution in [0.25, 0.3) is 0 Å². The van der Waals surface area contributed by atoms with Gasteiger partial charge in [0.15, 0.2) is 0 Å². The number of rotatable bonds is 19. The Kier molecular flexibility index (Phi) is 15.5. The molecule has 0 spiro atoms. The number of aromatic hydroxyl groups is 1. The van der Waals surface area contributed by atoms with E-state index in [2.05, 4.69) is 16.0 Å². The van der Waals surface area contributed by atoms with Crippen LogP contribution < -0.4 is 27.0 Å². The fraction of sp³-hybridized carbons (Fsp3) is 0.480. The molecule has 1 rings (SSSR count). The number of phenolic OH excluding ortho intramolecular Hbond substituents is 1. The van der Waals surface area contributed by atoms with Gasteiger partial charge in [0.2, 0.25) is 23.6 Å². The first-order valence-electron chi connectivity index (χ1n) is 12.7. The first-order valence-corrected chi connectivity index (χ1v) is 14.1. The summed E-state index contributed by atoms with van der Waals surface area (Å²) in [6, 6.07) is -2.25. The first kappa shape index (κ1) is 36.6. The zero-order chi connectivity index (χ0) is 32.7. The molecule has 5 atom stereocenters. The third kappa shape index (κ3) is 13.4. The Labute approximate surface area is 249 Å². The van der Waals surface area contributed by atoms with Gasteiger partial charge in [0.25, 0.3) is 0 Å². The molecule has 4 amide bonds. The molecule has 0 bridgehead atoms. The van der Waals surface area contributed by atoms with E-state index in [0.29, 0.717) is 11.3 Å². The third-order valence-corrected chi connectivity index (χ3v) is 6.44. The predicted molar refractivity (Wildman–Crippen MR) is 150 cm³/mol. The molecule has 18 heteroatoms. The predicted octanol–water partition coefficient (Wildman–Crippen LogP) is -3.02. The summed E-state index contributed by atoms with van der Waals surface area (Å²) in [6.45, 7) is -0.969. The Hall–Kier alpha value is -4.42. The van der Waals surface area contributed by atoms with Gasteiger partial charge in [-0.3, -0.25) is 28.8 Å². The number of carbonyl (C=O) groups excluding carboxylic acids is 4. The second kappa shape index (κ2) is 18.2. The molecule has 11 N–H and O–H groups in total. The Morgan fingerprint density at radius 1 is 0.744 bits per heavy atom. The van der Waals surface area contributed by atoms with Crippen molar-refractivity contribution in [3.8, 4) is 5.75 Å². The topological polar surface area (TPSA) is 295 Å². The van der Waals surface area contributed by atoms with Crippen molar-refractivity contribution in [1.82, 2.24) is 21.3 Å². The number of aliphatic carboxylic acids is 3. The highest BCUT2D eigenvalue weighted by Gasteiger charge is 2.32. The van der Waals surface area contributed by atoms with Gasteiger partial charge in [-0.05, 0) is 36.1 Å². The normalized spacial score (nSPS) is 14.2. The molecule has 17 nitrogen and oxygen atoms in total. The molecule has 0 saturated heterocycles. The number of hydrogen-bond acceptors (Lipinski definition) is 11. The second-order valence-electron chi connectivity index (χ2n) is 9.22. The lowest BCUT2D eigenvalue weighted by Crippen LogP contribution is -2.59. The van der Waals surface area contributed by atoms with Crippen molar-refractivity contribution in [1.29, 1.82) is 0 Å². The van der Waals surface area contributed by atoms with Crippen molar-refractivity contribution in [2.24, 2.45) is 5.73 Å². The SMILES string of the molecule is CSCC[C@H](NC(=O)[C@H](CO)NC(=O)[C@H](Cc1ccc(O)cc1)NC(=O)[C@@H](N)CC(=O)O)C(=O)N[C@@H](CC(=O)O)C(=O)O. The molecule has 0 radical (unpaired) electrons. The van der Waals surface area contributed by atoms with Crippen LogP contribution in [0.5, 0.6) is 5.75 Å². The number of benzene rings is 1. The lowest BCUT2D eigenvalue weighted by Gasteiger charge is -2.25. The molecule has 0 aliphatic rings. The molecule has 1 aromatic carbocycles. The molecule has 0 aliphatic heterocycles. The monoisotopic (exact) mass is 629 g/mol. The highest BCUT2D eigenvalue weighted by Crippen LogP contribution is 2.12. The number of thioether (sulfide) groups is 1. The molecule has 0 fully saturated rings. The van der Waals surface area contributed by atoms with Gasteiger partial charge in [-0.25, -0.2) is 4.79 Å². The molecule has 0 unspecified atom stereocenters. The number of nitrogens with two attached hydrogens (primary N) is 1. The number of carbonyl (C=O) groups is 7. The lowest BCUT2D eigenvalue weighted by atomic mass is 10.0. The van der Waals surface area contributed by atoms with Crippen LogP contribution in [-0.2, 0) is 40.0 Å². The number of carboxylic acid groups (broad SMARTS) is 3. The minimum Gasteiger partial charge on any atom is -0.508 e. The lowest BCUT2D eigenvalue weighted by molar-refractivity contribution is -0.147. The van der Waals surface area contributed by atoms with E-state index in [0.717, 1.165) is 0 Å². The summed E-state index contributed by atoms with van der Waals surface area (Å²) in [7, 11) is 0. The van der Waals surface area contributed by atoms with E-state index in [1.807, 2.05) is 5.32 Å². The number of aliphatic hydroxyl groups is 1. The largest absolute Gasteiger partial charge is 0.508 e. The molecule has 0 aromatic heterocycles. The van der Waals surface area contributed by atoms with Gasteiger partial charge in [0.05, 0.1) is 25.5 Å². The molecular formula is C25H35N5O12S. The van der Waals surface area contributed by atoms with Crippen molar-refractivity contribution in [3.63, 3.8) is 0 Å². The minimum atomic E-state index is -1.79. The number of amides is 4. The Balaban J connectivity index is 3.11. The van der Waals surface area contributed by atoms with Crippen molar-refractivity contribution in [2.75, 3.05) is 18.6 Å². The molecule has 43 heavy (non-hydrogen) atoms. The maximum Gasteiger partial charge on any atom is 0.326 e. The van der Waals surface area contributed by atoms with Crippen LogP contribution in [0.2, 0.25) is 0 Å². The van der Waals surface area contributed by atoms with E-state index in [1.165, 1.54) is 36.0 Å². The number of carboxylic acids is 3. The van der Waals surface area contributed by atoms with Crippen LogP contribution in [0.1, 0.15) is 24.8 Å². The molecule has 0 saturated carbocycles. The number of aliphatic hydroxyl groups excluding tert-OH is 1. The third-order valence-electron chi connectivity index (χ3n) is 5.79. The highest BCUT2D eigenvalue weighted by molar-refractivity contribution is 7.98. The van der Waals surface area contributed by atoms with Crippen molar-refractivity contribution in [2.45, 2.75) is 55.9 Å². The summed E-state index contributed by atoms with van der Waals surface area (Å²) in [4.78, 5) is 84.6. The molecule has 0 heterocycles. The van der Waals surface area contributed by atoms with Crippen molar-refractivity contribution >= 4 is 53.3 Å². The number of hydrogen-bond donors (Lipinski definition) is 10. The van der Waals surface area contributed by atoms with E-state index < -0.39 is 91.2 Å². The fourth-order valence-corrected chi connectivity index (χ4v) is 4.00. The van der Waals surface area contributed by atoms with Crippen LogP contribution in [-0.4, -0.2) is 116 Å². The summed E-state index contributed by atoms with van der Waals surface area (Å²) >= 11 is 1.29. The van der Waals surface area contributed by atoms with Gasteiger partial charge in [0, 0.05) is 6.42 Å². The molecule has 238 valence electrons. The molecular weight excluding hydrogens is 594 g/mol. The zero-order valence-electron chi connectivity index (χ0n) is 23.0. The maximum atomic E-state index is 13.2. The van der Waals surface area contributed by atoms with Crippen LogP contribution in [0, 0.1) is 0 Å². The number of nitrogens with one attached hydrogen (secondary N) is 4. The van der Waals surface area contributed by atoms with E-state index in [4.69, 9.17) is 15.9 Å². The second-order valence-corrected chi connectivity index (χ2v) is 10.2. The fourth-order valence-electron chi connectivity index (χ4n) is 3.53. The quantitative estimate of drug-likeness (QED) is 0.0729. The van der Waals surface area contributed by atoms with Gasteiger partial charge >= 0.3 is 17.9 Å². The Morgan fingerprint density at radius 2 is 1.23 bits per heavy atom.